The summed E-state index contributed by atoms with van der Waals surface area (Å²) in [5.74, 6) is 9.28. The maximum Gasteiger partial charge on any atom is 0.330 e. The standard InChI is InChI=1S/C27H22O6S/c28-26-16-14-24-10-3-1-8-22(24)12-5-20-34(30,31)21-6-13-23-9-2-4-11-25(23)15-17-27(29)33-19-7-18-32-26/h1-4,8-11,14-17H,7,18-21H2/b16-14-,17-15-. The van der Waals surface area contributed by atoms with E-state index in [2.05, 4.69) is 23.7 Å². The second-order valence-corrected chi connectivity index (χ2v) is 9.23. The van der Waals surface area contributed by atoms with Gasteiger partial charge < -0.3 is 9.47 Å². The van der Waals surface area contributed by atoms with Crippen molar-refractivity contribution in [1.82, 2.24) is 0 Å². The Kier molecular flexibility index (Phi) is 8.85. The van der Waals surface area contributed by atoms with E-state index >= 15 is 0 Å². The zero-order valence-corrected chi connectivity index (χ0v) is 19.1. The summed E-state index contributed by atoms with van der Waals surface area (Å²) >= 11 is 0. The molecule has 34 heavy (non-hydrogen) atoms. The molecule has 0 bridgehead atoms. The molecule has 0 aromatic heterocycles. The molecule has 3 rings (SSSR count). The Balaban J connectivity index is 1.86. The highest BCUT2D eigenvalue weighted by molar-refractivity contribution is 7.91. The number of rotatable bonds is 0. The molecular weight excluding hydrogens is 452 g/mol. The van der Waals surface area contributed by atoms with Gasteiger partial charge in [-0.05, 0) is 35.4 Å². The van der Waals surface area contributed by atoms with E-state index in [0.29, 0.717) is 28.7 Å². The van der Waals surface area contributed by atoms with Gasteiger partial charge in [-0.1, -0.05) is 60.1 Å². The Morgan fingerprint density at radius 1 is 0.647 bits per heavy atom. The molecule has 7 heteroatoms. The Labute approximate surface area is 199 Å². The lowest BCUT2D eigenvalue weighted by Crippen LogP contribution is -2.08. The van der Waals surface area contributed by atoms with Crippen molar-refractivity contribution in [2.45, 2.75) is 6.42 Å². The molecule has 0 fully saturated rings. The molecule has 0 saturated carbocycles. The Morgan fingerprint density at radius 2 is 1.09 bits per heavy atom. The van der Waals surface area contributed by atoms with Gasteiger partial charge in [-0.25, -0.2) is 18.0 Å². The number of ether oxygens (including phenoxy) is 2. The van der Waals surface area contributed by atoms with Gasteiger partial charge in [0, 0.05) is 29.7 Å². The maximum atomic E-state index is 12.4. The molecule has 1 aliphatic heterocycles. The normalized spacial score (nSPS) is 18.4. The summed E-state index contributed by atoms with van der Waals surface area (Å²) in [4.78, 5) is 23.9. The van der Waals surface area contributed by atoms with Crippen LogP contribution in [0.3, 0.4) is 0 Å². The molecule has 0 N–H and O–H groups in total. The fourth-order valence-corrected chi connectivity index (χ4v) is 3.55. The van der Waals surface area contributed by atoms with Gasteiger partial charge in [0.25, 0.3) is 0 Å². The van der Waals surface area contributed by atoms with E-state index in [1.54, 1.807) is 60.7 Å². The minimum absolute atomic E-state index is 0.0951. The molecule has 0 saturated heterocycles. The third-order valence-corrected chi connectivity index (χ3v) is 5.70. The number of esters is 2. The zero-order valence-electron chi connectivity index (χ0n) is 18.3. The molecule has 0 radical (unpaired) electrons. The van der Waals surface area contributed by atoms with E-state index in [4.69, 9.17) is 9.47 Å². The van der Waals surface area contributed by atoms with Crippen molar-refractivity contribution in [2.75, 3.05) is 24.7 Å². The third-order valence-electron chi connectivity index (χ3n) is 4.53. The minimum atomic E-state index is -3.53. The summed E-state index contributed by atoms with van der Waals surface area (Å²) in [6, 6.07) is 14.1. The zero-order chi connectivity index (χ0) is 24.2. The first-order chi connectivity index (χ1) is 16.4. The first kappa shape index (κ1) is 24.6. The smallest absolute Gasteiger partial charge is 0.330 e. The second-order valence-electron chi connectivity index (χ2n) is 7.17. The minimum Gasteiger partial charge on any atom is -0.462 e. The highest BCUT2D eigenvalue weighted by atomic mass is 32.2. The van der Waals surface area contributed by atoms with Crippen molar-refractivity contribution < 1.29 is 27.5 Å². The van der Waals surface area contributed by atoms with Crippen molar-refractivity contribution in [3.63, 3.8) is 0 Å². The summed E-state index contributed by atoms with van der Waals surface area (Å²) in [6.45, 7) is 0.190. The highest BCUT2D eigenvalue weighted by Crippen LogP contribution is 2.11. The van der Waals surface area contributed by atoms with Crippen molar-refractivity contribution in [3.05, 3.63) is 82.9 Å². The maximum absolute atomic E-state index is 12.4. The van der Waals surface area contributed by atoms with Crippen LogP contribution in [-0.2, 0) is 28.9 Å². The van der Waals surface area contributed by atoms with Gasteiger partial charge in [0.2, 0.25) is 0 Å². The van der Waals surface area contributed by atoms with Gasteiger partial charge in [0.05, 0.1) is 13.2 Å². The molecule has 6 nitrogen and oxygen atoms in total. The van der Waals surface area contributed by atoms with Gasteiger partial charge >= 0.3 is 11.9 Å². The summed E-state index contributed by atoms with van der Waals surface area (Å²) in [7, 11) is -3.53. The van der Waals surface area contributed by atoms with E-state index in [9.17, 15) is 18.0 Å². The summed E-state index contributed by atoms with van der Waals surface area (Å²) in [5, 5.41) is 0. The quantitative estimate of drug-likeness (QED) is 0.431. The van der Waals surface area contributed by atoms with Crippen LogP contribution in [0.2, 0.25) is 0 Å². The Morgan fingerprint density at radius 3 is 1.56 bits per heavy atom. The van der Waals surface area contributed by atoms with E-state index in [0.717, 1.165) is 0 Å². The van der Waals surface area contributed by atoms with Gasteiger partial charge in [-0.2, -0.15) is 0 Å². The Bertz CT molecular complexity index is 1250. The van der Waals surface area contributed by atoms with Gasteiger partial charge in [0.1, 0.15) is 11.5 Å². The van der Waals surface area contributed by atoms with E-state index in [1.165, 1.54) is 12.2 Å². The fourth-order valence-electron chi connectivity index (χ4n) is 2.86. The van der Waals surface area contributed by atoms with E-state index in [-0.39, 0.29) is 24.7 Å². The molecule has 2 aromatic rings. The monoisotopic (exact) mass is 474 g/mol. The lowest BCUT2D eigenvalue weighted by molar-refractivity contribution is -0.140. The molecule has 0 unspecified atom stereocenters. The predicted octanol–water partition coefficient (Wildman–Crippen LogP) is 3.02. The molecule has 1 heterocycles. The number of benzene rings is 2. The van der Waals surface area contributed by atoms with Crippen LogP contribution < -0.4 is 0 Å². The molecule has 0 amide bonds. The van der Waals surface area contributed by atoms with Crippen LogP contribution in [0.15, 0.2) is 60.7 Å². The summed E-state index contributed by atoms with van der Waals surface area (Å²) in [6.07, 6.45) is 6.01. The summed E-state index contributed by atoms with van der Waals surface area (Å²) in [5.41, 5.74) is 2.48. The first-order valence-corrected chi connectivity index (χ1v) is 12.3. The molecule has 1 aliphatic rings. The topological polar surface area (TPSA) is 86.7 Å². The lowest BCUT2D eigenvalue weighted by Gasteiger charge is -2.04. The number of hydrogen-bond acceptors (Lipinski definition) is 6. The molecule has 0 spiro atoms. The van der Waals surface area contributed by atoms with Crippen molar-refractivity contribution in [1.29, 1.82) is 0 Å². The largest absolute Gasteiger partial charge is 0.462 e. The van der Waals surface area contributed by atoms with Gasteiger partial charge in [-0.15, -0.1) is 0 Å². The van der Waals surface area contributed by atoms with Crippen LogP contribution in [0, 0.1) is 23.7 Å². The van der Waals surface area contributed by atoms with Gasteiger partial charge in [0.15, 0.2) is 9.84 Å². The summed E-state index contributed by atoms with van der Waals surface area (Å²) < 4.78 is 35.0. The predicted molar refractivity (Wildman–Crippen MR) is 130 cm³/mol. The van der Waals surface area contributed by atoms with E-state index in [1.807, 2.05) is 0 Å². The van der Waals surface area contributed by atoms with Crippen molar-refractivity contribution >= 4 is 33.9 Å². The fraction of sp³-hybridized carbons (Fsp3) is 0.185. The highest BCUT2D eigenvalue weighted by Gasteiger charge is 2.07. The lowest BCUT2D eigenvalue weighted by atomic mass is 10.1. The number of fused-ring (bicyclic) bond motifs is 2. The van der Waals surface area contributed by atoms with Crippen LogP contribution in [0.5, 0.6) is 0 Å². The number of carbonyl (C=O) groups is 2. The van der Waals surface area contributed by atoms with E-state index < -0.39 is 21.8 Å². The van der Waals surface area contributed by atoms with Crippen LogP contribution in [-0.4, -0.2) is 45.1 Å². The van der Waals surface area contributed by atoms with Crippen LogP contribution in [0.4, 0.5) is 0 Å². The number of hydrogen-bond donors (Lipinski definition) is 0. The van der Waals surface area contributed by atoms with Gasteiger partial charge in [-0.3, -0.25) is 0 Å². The number of cyclic esters (lactones) is 2. The average molecular weight is 475 g/mol. The third kappa shape index (κ3) is 8.12. The molecule has 2 aromatic carbocycles. The van der Waals surface area contributed by atoms with Crippen molar-refractivity contribution in [3.8, 4) is 23.7 Å². The second kappa shape index (κ2) is 12.2. The van der Waals surface area contributed by atoms with Crippen LogP contribution in [0.25, 0.3) is 12.2 Å². The van der Waals surface area contributed by atoms with Crippen LogP contribution in [0.1, 0.15) is 28.7 Å². The molecule has 0 atom stereocenters. The first-order valence-electron chi connectivity index (χ1n) is 10.5. The number of carbonyl (C=O) groups excluding carboxylic acids is 2. The average Bonchev–Trinajstić information content (AvgIpc) is 2.82. The molecule has 172 valence electrons. The van der Waals surface area contributed by atoms with Crippen LogP contribution >= 0.6 is 0 Å². The van der Waals surface area contributed by atoms with Crippen molar-refractivity contribution in [2.24, 2.45) is 0 Å². The SMILES string of the molecule is O=C1/C=C\c2ccccc2C#CCS(=O)(=O)CC#Cc2ccccc2/C=C\C(=O)OCCCO1. The molecular formula is C27H22O6S. The Hall–Kier alpha value is -4.07. The number of sulfone groups is 1. The molecule has 0 aliphatic carbocycles.